The summed E-state index contributed by atoms with van der Waals surface area (Å²) in [5.41, 5.74) is -0.236. The van der Waals surface area contributed by atoms with E-state index in [0.717, 1.165) is 12.1 Å². The minimum atomic E-state index is -0.809. The van der Waals surface area contributed by atoms with Crippen LogP contribution in [0.5, 0.6) is 0 Å². The second-order valence-electron chi connectivity index (χ2n) is 6.11. The SMILES string of the molecule is CC(C)(C)c1cc(F)c(C2CCC(=O)NC2=O)cc1F. The van der Waals surface area contributed by atoms with Gasteiger partial charge in [0.1, 0.15) is 11.6 Å². The first-order chi connectivity index (χ1) is 9.20. The first-order valence-corrected chi connectivity index (χ1v) is 6.53. The topological polar surface area (TPSA) is 46.2 Å². The van der Waals surface area contributed by atoms with E-state index in [1.807, 2.05) is 0 Å². The lowest BCUT2D eigenvalue weighted by Gasteiger charge is -2.24. The van der Waals surface area contributed by atoms with E-state index in [4.69, 9.17) is 0 Å². The first kappa shape index (κ1) is 14.6. The Hall–Kier alpha value is -1.78. The number of carbonyl (C=O) groups is 2. The van der Waals surface area contributed by atoms with Crippen LogP contribution in [0.1, 0.15) is 50.7 Å². The Labute approximate surface area is 116 Å². The van der Waals surface area contributed by atoms with Crippen molar-refractivity contribution in [1.82, 2.24) is 5.32 Å². The summed E-state index contributed by atoms with van der Waals surface area (Å²) in [5, 5.41) is 2.15. The molecule has 108 valence electrons. The van der Waals surface area contributed by atoms with Gasteiger partial charge < -0.3 is 0 Å². The van der Waals surface area contributed by atoms with Crippen molar-refractivity contribution in [2.24, 2.45) is 0 Å². The largest absolute Gasteiger partial charge is 0.296 e. The van der Waals surface area contributed by atoms with Crippen LogP contribution in [-0.4, -0.2) is 11.8 Å². The van der Waals surface area contributed by atoms with E-state index in [-0.39, 0.29) is 29.9 Å². The monoisotopic (exact) mass is 281 g/mol. The van der Waals surface area contributed by atoms with Crippen molar-refractivity contribution in [3.8, 4) is 0 Å². The molecule has 1 saturated heterocycles. The lowest BCUT2D eigenvalue weighted by atomic mass is 9.83. The van der Waals surface area contributed by atoms with Gasteiger partial charge >= 0.3 is 0 Å². The highest BCUT2D eigenvalue weighted by Crippen LogP contribution is 2.32. The third-order valence-electron chi connectivity index (χ3n) is 3.51. The molecule has 0 radical (unpaired) electrons. The molecule has 1 aromatic rings. The molecule has 0 aliphatic carbocycles. The summed E-state index contributed by atoms with van der Waals surface area (Å²) < 4.78 is 28.3. The maximum atomic E-state index is 14.2. The summed E-state index contributed by atoms with van der Waals surface area (Å²) in [6.45, 7) is 5.36. The molecule has 2 amide bonds. The number of halogens is 2. The number of carbonyl (C=O) groups excluding carboxylic acids is 2. The molecule has 1 aromatic carbocycles. The van der Waals surface area contributed by atoms with E-state index >= 15 is 0 Å². The quantitative estimate of drug-likeness (QED) is 0.805. The van der Waals surface area contributed by atoms with E-state index in [0.29, 0.717) is 0 Å². The summed E-state index contributed by atoms with van der Waals surface area (Å²) in [4.78, 5) is 22.8. The molecule has 1 unspecified atom stereocenters. The van der Waals surface area contributed by atoms with E-state index in [1.165, 1.54) is 0 Å². The highest BCUT2D eigenvalue weighted by molar-refractivity contribution is 6.00. The Bertz CT molecular complexity index is 576. The Morgan fingerprint density at radius 1 is 1.15 bits per heavy atom. The molecular formula is C15H17F2NO2. The van der Waals surface area contributed by atoms with Crippen LogP contribution >= 0.6 is 0 Å². The van der Waals surface area contributed by atoms with Gasteiger partial charge in [0.05, 0.1) is 5.92 Å². The molecule has 1 aliphatic heterocycles. The Kier molecular flexibility index (Phi) is 3.63. The van der Waals surface area contributed by atoms with Gasteiger partial charge in [0, 0.05) is 12.0 Å². The zero-order valence-electron chi connectivity index (χ0n) is 11.7. The lowest BCUT2D eigenvalue weighted by molar-refractivity contribution is -0.134. The zero-order valence-corrected chi connectivity index (χ0v) is 11.7. The van der Waals surface area contributed by atoms with Crippen molar-refractivity contribution in [3.63, 3.8) is 0 Å². The molecular weight excluding hydrogens is 264 g/mol. The van der Waals surface area contributed by atoms with Gasteiger partial charge in [-0.1, -0.05) is 20.8 Å². The smallest absolute Gasteiger partial charge is 0.234 e. The van der Waals surface area contributed by atoms with Gasteiger partial charge in [0.2, 0.25) is 11.8 Å². The highest BCUT2D eigenvalue weighted by atomic mass is 19.1. The Morgan fingerprint density at radius 3 is 2.35 bits per heavy atom. The number of hydrogen-bond donors (Lipinski definition) is 1. The van der Waals surface area contributed by atoms with Crippen LogP contribution in [0.4, 0.5) is 8.78 Å². The predicted octanol–water partition coefficient (Wildman–Crippen LogP) is 2.78. The standard InChI is InChI=1S/C15H17F2NO2/c1-15(2,3)10-7-11(16)9(6-12(10)17)8-4-5-13(19)18-14(8)20/h6-8H,4-5H2,1-3H3,(H,18,19,20). The summed E-state index contributed by atoms with van der Waals surface area (Å²) in [7, 11) is 0. The fraction of sp³-hybridized carbons (Fsp3) is 0.467. The van der Waals surface area contributed by atoms with Crippen LogP contribution < -0.4 is 5.32 Å². The summed E-state index contributed by atoms with van der Waals surface area (Å²) in [6.07, 6.45) is 0.342. The molecule has 5 heteroatoms. The number of piperidine rings is 1. The average molecular weight is 281 g/mol. The molecule has 20 heavy (non-hydrogen) atoms. The molecule has 0 spiro atoms. The van der Waals surface area contributed by atoms with Crippen molar-refractivity contribution < 1.29 is 18.4 Å². The molecule has 0 aromatic heterocycles. The molecule has 1 N–H and O–H groups in total. The van der Waals surface area contributed by atoms with Crippen LogP contribution in [0.2, 0.25) is 0 Å². The van der Waals surface area contributed by atoms with Crippen molar-refractivity contribution in [3.05, 3.63) is 34.9 Å². The van der Waals surface area contributed by atoms with Gasteiger partial charge in [-0.05, 0) is 29.5 Å². The van der Waals surface area contributed by atoms with Crippen LogP contribution in [0.15, 0.2) is 12.1 Å². The molecule has 1 atom stereocenters. The van der Waals surface area contributed by atoms with E-state index < -0.39 is 28.9 Å². The van der Waals surface area contributed by atoms with Crippen molar-refractivity contribution in [2.75, 3.05) is 0 Å². The van der Waals surface area contributed by atoms with Crippen LogP contribution in [0.3, 0.4) is 0 Å². The van der Waals surface area contributed by atoms with Gasteiger partial charge in [0.15, 0.2) is 0 Å². The summed E-state index contributed by atoms with van der Waals surface area (Å²) >= 11 is 0. The molecule has 3 nitrogen and oxygen atoms in total. The molecule has 1 heterocycles. The number of nitrogens with one attached hydrogen (secondary N) is 1. The molecule has 0 saturated carbocycles. The number of rotatable bonds is 1. The number of benzene rings is 1. The lowest BCUT2D eigenvalue weighted by Crippen LogP contribution is -2.39. The maximum absolute atomic E-state index is 14.2. The summed E-state index contributed by atoms with van der Waals surface area (Å²) in [6, 6.07) is 2.23. The van der Waals surface area contributed by atoms with Crippen LogP contribution in [-0.2, 0) is 15.0 Å². The van der Waals surface area contributed by atoms with E-state index in [1.54, 1.807) is 20.8 Å². The number of amides is 2. The van der Waals surface area contributed by atoms with E-state index in [9.17, 15) is 18.4 Å². The minimum absolute atomic E-state index is 0.0144. The Balaban J connectivity index is 2.42. The number of hydrogen-bond acceptors (Lipinski definition) is 2. The third-order valence-corrected chi connectivity index (χ3v) is 3.51. The predicted molar refractivity (Wildman–Crippen MR) is 70.2 cm³/mol. The van der Waals surface area contributed by atoms with Crippen LogP contribution in [0.25, 0.3) is 0 Å². The van der Waals surface area contributed by atoms with Gasteiger partial charge in [-0.3, -0.25) is 14.9 Å². The highest BCUT2D eigenvalue weighted by Gasteiger charge is 2.31. The molecule has 1 fully saturated rings. The third kappa shape index (κ3) is 2.71. The summed E-state index contributed by atoms with van der Waals surface area (Å²) in [5.74, 6) is -2.89. The van der Waals surface area contributed by atoms with Crippen molar-refractivity contribution in [2.45, 2.75) is 44.9 Å². The number of imide groups is 1. The molecule has 1 aliphatic rings. The van der Waals surface area contributed by atoms with Crippen LogP contribution in [0, 0.1) is 11.6 Å². The zero-order chi connectivity index (χ0) is 15.1. The fourth-order valence-corrected chi connectivity index (χ4v) is 2.39. The van der Waals surface area contributed by atoms with Crippen molar-refractivity contribution in [1.29, 1.82) is 0 Å². The molecule has 0 bridgehead atoms. The molecule has 2 rings (SSSR count). The van der Waals surface area contributed by atoms with Crippen molar-refractivity contribution >= 4 is 11.8 Å². The van der Waals surface area contributed by atoms with Gasteiger partial charge in [-0.25, -0.2) is 8.78 Å². The normalized spacial score (nSPS) is 19.9. The van der Waals surface area contributed by atoms with Gasteiger partial charge in [0.25, 0.3) is 0 Å². The van der Waals surface area contributed by atoms with E-state index in [2.05, 4.69) is 5.32 Å². The Morgan fingerprint density at radius 2 is 1.80 bits per heavy atom. The second kappa shape index (κ2) is 4.96. The minimum Gasteiger partial charge on any atom is -0.296 e. The first-order valence-electron chi connectivity index (χ1n) is 6.53. The average Bonchev–Trinajstić information content (AvgIpc) is 2.31. The van der Waals surface area contributed by atoms with Gasteiger partial charge in [-0.2, -0.15) is 0 Å². The van der Waals surface area contributed by atoms with Gasteiger partial charge in [-0.15, -0.1) is 0 Å². The fourth-order valence-electron chi connectivity index (χ4n) is 2.39. The second-order valence-corrected chi connectivity index (χ2v) is 6.11. The maximum Gasteiger partial charge on any atom is 0.234 e.